The fourth-order valence-corrected chi connectivity index (χ4v) is 2.46. The Kier molecular flexibility index (Phi) is 5.40. The van der Waals surface area contributed by atoms with Crippen molar-refractivity contribution in [3.63, 3.8) is 0 Å². The summed E-state index contributed by atoms with van der Waals surface area (Å²) >= 11 is 0. The van der Waals surface area contributed by atoms with Crippen molar-refractivity contribution in [3.8, 4) is 5.75 Å². The molecule has 1 atom stereocenters. The lowest BCUT2D eigenvalue weighted by Crippen LogP contribution is -2.34. The summed E-state index contributed by atoms with van der Waals surface area (Å²) in [4.78, 5) is 14.0. The van der Waals surface area contributed by atoms with Crippen LogP contribution in [-0.2, 0) is 16.9 Å². The molecule has 0 aliphatic rings. The number of hydrogen-bond donors (Lipinski definition) is 1. The van der Waals surface area contributed by atoms with Gasteiger partial charge in [0.05, 0.1) is 19.1 Å². The molecular formula is C19H23NO3. The van der Waals surface area contributed by atoms with E-state index in [-0.39, 0.29) is 12.3 Å². The van der Waals surface area contributed by atoms with Crippen molar-refractivity contribution in [2.75, 3.05) is 14.2 Å². The number of benzene rings is 2. The van der Waals surface area contributed by atoms with Gasteiger partial charge in [0.2, 0.25) is 5.91 Å². The van der Waals surface area contributed by atoms with Gasteiger partial charge in [-0.2, -0.15) is 0 Å². The topological polar surface area (TPSA) is 49.8 Å². The van der Waals surface area contributed by atoms with E-state index in [4.69, 9.17) is 4.74 Å². The Bertz CT molecular complexity index is 653. The van der Waals surface area contributed by atoms with Crippen LogP contribution in [0.5, 0.6) is 5.75 Å². The molecule has 2 aromatic rings. The summed E-state index contributed by atoms with van der Waals surface area (Å²) in [6, 6.07) is 16.9. The Labute approximate surface area is 137 Å². The predicted octanol–water partition coefficient (Wildman–Crippen LogP) is 2.95. The van der Waals surface area contributed by atoms with Crippen LogP contribution >= 0.6 is 0 Å². The Morgan fingerprint density at radius 2 is 1.87 bits per heavy atom. The average molecular weight is 313 g/mol. The summed E-state index contributed by atoms with van der Waals surface area (Å²) in [6.07, 6.45) is 0.0392. The summed E-state index contributed by atoms with van der Waals surface area (Å²) in [6.45, 7) is 2.14. The van der Waals surface area contributed by atoms with Crippen molar-refractivity contribution >= 4 is 5.91 Å². The van der Waals surface area contributed by atoms with Gasteiger partial charge in [0.25, 0.3) is 0 Å². The van der Waals surface area contributed by atoms with Gasteiger partial charge in [0.1, 0.15) is 5.75 Å². The molecule has 4 heteroatoms. The standard InChI is InChI=1S/C19H23NO3/c1-19(22,16-9-5-4-6-10-16)13-18(21)20(2)14-15-8-7-11-17(12-15)23-3/h4-12,22H,13-14H2,1-3H3/t19-/m0/s1. The normalized spacial score (nSPS) is 13.2. The Hall–Kier alpha value is -2.33. The number of carbonyl (C=O) groups excluding carboxylic acids is 1. The molecular weight excluding hydrogens is 290 g/mol. The van der Waals surface area contributed by atoms with Gasteiger partial charge in [0, 0.05) is 13.6 Å². The monoisotopic (exact) mass is 313 g/mol. The molecule has 0 unspecified atom stereocenters. The van der Waals surface area contributed by atoms with Gasteiger partial charge in [-0.3, -0.25) is 4.79 Å². The molecule has 0 saturated carbocycles. The van der Waals surface area contributed by atoms with Crippen molar-refractivity contribution in [1.82, 2.24) is 4.90 Å². The Morgan fingerprint density at radius 1 is 1.17 bits per heavy atom. The molecule has 0 aliphatic heterocycles. The summed E-state index contributed by atoms with van der Waals surface area (Å²) in [5.74, 6) is 0.654. The minimum atomic E-state index is -1.18. The van der Waals surface area contributed by atoms with E-state index < -0.39 is 5.60 Å². The van der Waals surface area contributed by atoms with Crippen LogP contribution in [-0.4, -0.2) is 30.1 Å². The van der Waals surface area contributed by atoms with Crippen LogP contribution in [0.2, 0.25) is 0 Å². The lowest BCUT2D eigenvalue weighted by atomic mass is 9.92. The highest BCUT2D eigenvalue weighted by atomic mass is 16.5. The van der Waals surface area contributed by atoms with E-state index in [1.54, 1.807) is 26.0 Å². The van der Waals surface area contributed by atoms with Crippen LogP contribution in [0.1, 0.15) is 24.5 Å². The van der Waals surface area contributed by atoms with E-state index in [0.29, 0.717) is 6.54 Å². The first-order valence-electron chi connectivity index (χ1n) is 7.57. The van der Waals surface area contributed by atoms with Crippen molar-refractivity contribution in [2.45, 2.75) is 25.5 Å². The number of ether oxygens (including phenoxy) is 1. The molecule has 2 aromatic carbocycles. The number of amides is 1. The maximum atomic E-state index is 12.4. The van der Waals surface area contributed by atoms with E-state index >= 15 is 0 Å². The van der Waals surface area contributed by atoms with Crippen molar-refractivity contribution < 1.29 is 14.6 Å². The summed E-state index contributed by atoms with van der Waals surface area (Å²) < 4.78 is 5.19. The number of nitrogens with zero attached hydrogens (tertiary/aromatic N) is 1. The molecule has 0 fully saturated rings. The number of methoxy groups -OCH3 is 1. The summed E-state index contributed by atoms with van der Waals surface area (Å²) in [5, 5.41) is 10.6. The second-order valence-electron chi connectivity index (χ2n) is 5.92. The SMILES string of the molecule is COc1cccc(CN(C)C(=O)C[C@](C)(O)c2ccccc2)c1. The zero-order valence-corrected chi connectivity index (χ0v) is 13.8. The van der Waals surface area contributed by atoms with Gasteiger partial charge < -0.3 is 14.7 Å². The largest absolute Gasteiger partial charge is 0.497 e. The zero-order chi connectivity index (χ0) is 16.9. The van der Waals surface area contributed by atoms with Gasteiger partial charge in [0.15, 0.2) is 0 Å². The third-order valence-corrected chi connectivity index (χ3v) is 3.87. The number of carbonyl (C=O) groups is 1. The van der Waals surface area contributed by atoms with Gasteiger partial charge >= 0.3 is 0 Å². The van der Waals surface area contributed by atoms with E-state index in [9.17, 15) is 9.90 Å². The second-order valence-corrected chi connectivity index (χ2v) is 5.92. The molecule has 0 aliphatic carbocycles. The second kappa shape index (κ2) is 7.29. The Balaban J connectivity index is 2.02. The van der Waals surface area contributed by atoms with Crippen LogP contribution in [0.15, 0.2) is 54.6 Å². The zero-order valence-electron chi connectivity index (χ0n) is 13.8. The van der Waals surface area contributed by atoms with E-state index in [1.807, 2.05) is 54.6 Å². The Morgan fingerprint density at radius 3 is 2.52 bits per heavy atom. The molecule has 23 heavy (non-hydrogen) atoms. The molecule has 0 spiro atoms. The van der Waals surface area contributed by atoms with Crippen LogP contribution in [0.3, 0.4) is 0 Å². The van der Waals surface area contributed by atoms with Crippen LogP contribution in [0.4, 0.5) is 0 Å². The highest BCUT2D eigenvalue weighted by Crippen LogP contribution is 2.25. The van der Waals surface area contributed by atoms with E-state index in [0.717, 1.165) is 16.9 Å². The van der Waals surface area contributed by atoms with Crippen LogP contribution in [0.25, 0.3) is 0 Å². The van der Waals surface area contributed by atoms with Gasteiger partial charge in [-0.05, 0) is 30.2 Å². The molecule has 1 amide bonds. The van der Waals surface area contributed by atoms with Crippen molar-refractivity contribution in [3.05, 3.63) is 65.7 Å². The molecule has 0 aromatic heterocycles. The first-order valence-corrected chi connectivity index (χ1v) is 7.57. The maximum absolute atomic E-state index is 12.4. The highest BCUT2D eigenvalue weighted by Gasteiger charge is 2.27. The van der Waals surface area contributed by atoms with Crippen molar-refractivity contribution in [2.24, 2.45) is 0 Å². The third-order valence-electron chi connectivity index (χ3n) is 3.87. The van der Waals surface area contributed by atoms with Gasteiger partial charge in [-0.1, -0.05) is 42.5 Å². The minimum Gasteiger partial charge on any atom is -0.497 e. The number of aliphatic hydroxyl groups is 1. The molecule has 0 saturated heterocycles. The minimum absolute atomic E-state index is 0.0392. The quantitative estimate of drug-likeness (QED) is 0.892. The molecule has 4 nitrogen and oxygen atoms in total. The van der Waals surface area contributed by atoms with E-state index in [1.165, 1.54) is 0 Å². The maximum Gasteiger partial charge on any atom is 0.225 e. The average Bonchev–Trinajstić information content (AvgIpc) is 2.55. The van der Waals surface area contributed by atoms with Crippen molar-refractivity contribution in [1.29, 1.82) is 0 Å². The highest BCUT2D eigenvalue weighted by molar-refractivity contribution is 5.77. The van der Waals surface area contributed by atoms with Gasteiger partial charge in [-0.15, -0.1) is 0 Å². The first kappa shape index (κ1) is 17.0. The van der Waals surface area contributed by atoms with E-state index in [2.05, 4.69) is 0 Å². The molecule has 2 rings (SSSR count). The predicted molar refractivity (Wildman–Crippen MR) is 90.1 cm³/mol. The lowest BCUT2D eigenvalue weighted by molar-refractivity contribution is -0.135. The lowest BCUT2D eigenvalue weighted by Gasteiger charge is -2.26. The first-order chi connectivity index (χ1) is 10.9. The summed E-state index contributed by atoms with van der Waals surface area (Å²) in [7, 11) is 3.36. The fourth-order valence-electron chi connectivity index (χ4n) is 2.46. The molecule has 122 valence electrons. The van der Waals surface area contributed by atoms with Crippen LogP contribution < -0.4 is 4.74 Å². The molecule has 1 N–H and O–H groups in total. The summed E-state index contributed by atoms with van der Waals surface area (Å²) in [5.41, 5.74) is 0.545. The smallest absolute Gasteiger partial charge is 0.225 e. The fraction of sp³-hybridized carbons (Fsp3) is 0.316. The third kappa shape index (κ3) is 4.57. The number of rotatable bonds is 6. The number of hydrogen-bond acceptors (Lipinski definition) is 3. The molecule has 0 bridgehead atoms. The van der Waals surface area contributed by atoms with Crippen LogP contribution in [0, 0.1) is 0 Å². The van der Waals surface area contributed by atoms with Gasteiger partial charge in [-0.25, -0.2) is 0 Å². The molecule has 0 heterocycles. The molecule has 0 radical (unpaired) electrons.